The van der Waals surface area contributed by atoms with Gasteiger partial charge < -0.3 is 9.73 Å². The highest BCUT2D eigenvalue weighted by Gasteiger charge is 2.29. The highest BCUT2D eigenvalue weighted by atomic mass is 32.2. The summed E-state index contributed by atoms with van der Waals surface area (Å²) >= 11 is 0. The van der Waals surface area contributed by atoms with Gasteiger partial charge in [-0.2, -0.15) is 4.72 Å². The molecule has 0 aliphatic heterocycles. The molecule has 3 aromatic rings. The van der Waals surface area contributed by atoms with E-state index in [4.69, 9.17) is 4.42 Å². The second-order valence-electron chi connectivity index (χ2n) is 7.54. The number of carbonyl (C=O) groups is 1. The van der Waals surface area contributed by atoms with Crippen LogP contribution in [-0.2, 0) is 21.9 Å². The van der Waals surface area contributed by atoms with Crippen LogP contribution < -0.4 is 15.8 Å². The zero-order chi connectivity index (χ0) is 22.1. The van der Waals surface area contributed by atoms with E-state index in [9.17, 15) is 18.0 Å². The summed E-state index contributed by atoms with van der Waals surface area (Å²) in [7, 11) is -2.49. The minimum Gasteiger partial charge on any atom is -0.408 e. The summed E-state index contributed by atoms with van der Waals surface area (Å²) in [6.45, 7) is 5.36. The van der Waals surface area contributed by atoms with E-state index in [0.717, 1.165) is 5.56 Å². The molecule has 0 fully saturated rings. The predicted octanol–water partition coefficient (Wildman–Crippen LogP) is 2.31. The Bertz CT molecular complexity index is 1210. The molecule has 2 aromatic carbocycles. The third-order valence-corrected chi connectivity index (χ3v) is 6.40. The normalized spacial score (nSPS) is 14.0. The molecule has 9 heteroatoms. The zero-order valence-corrected chi connectivity index (χ0v) is 18.1. The second-order valence-corrected chi connectivity index (χ2v) is 9.25. The van der Waals surface area contributed by atoms with Crippen molar-refractivity contribution in [2.24, 2.45) is 13.0 Å². The van der Waals surface area contributed by atoms with Crippen LogP contribution in [0, 0.1) is 5.92 Å². The first-order chi connectivity index (χ1) is 14.1. The molecule has 0 radical (unpaired) electrons. The van der Waals surface area contributed by atoms with Gasteiger partial charge in [-0.25, -0.2) is 13.2 Å². The number of amides is 1. The van der Waals surface area contributed by atoms with Gasteiger partial charge in [0.05, 0.1) is 16.5 Å². The fourth-order valence-corrected chi connectivity index (χ4v) is 4.50. The number of aryl methyl sites for hydroxylation is 1. The first-order valence-corrected chi connectivity index (χ1v) is 11.1. The van der Waals surface area contributed by atoms with E-state index in [1.807, 2.05) is 37.3 Å². The van der Waals surface area contributed by atoms with Crippen LogP contribution in [-0.4, -0.2) is 24.9 Å². The van der Waals surface area contributed by atoms with Gasteiger partial charge in [-0.05, 0) is 30.5 Å². The zero-order valence-electron chi connectivity index (χ0n) is 17.2. The van der Waals surface area contributed by atoms with E-state index in [0.29, 0.717) is 5.52 Å². The fourth-order valence-electron chi connectivity index (χ4n) is 3.14. The number of benzene rings is 2. The number of aromatic nitrogens is 1. The van der Waals surface area contributed by atoms with Crippen molar-refractivity contribution in [1.82, 2.24) is 14.6 Å². The number of nitrogens with zero attached hydrogens (tertiary/aromatic N) is 1. The Morgan fingerprint density at radius 3 is 2.37 bits per heavy atom. The molecule has 1 heterocycles. The average molecular weight is 432 g/mol. The maximum absolute atomic E-state index is 12.9. The van der Waals surface area contributed by atoms with Crippen LogP contribution in [0.25, 0.3) is 11.1 Å². The first kappa shape index (κ1) is 21.8. The first-order valence-electron chi connectivity index (χ1n) is 9.57. The quantitative estimate of drug-likeness (QED) is 0.596. The molecule has 2 unspecified atom stereocenters. The summed E-state index contributed by atoms with van der Waals surface area (Å²) in [5.41, 5.74) is 1.56. The third-order valence-electron chi connectivity index (χ3n) is 4.96. The predicted molar refractivity (Wildman–Crippen MR) is 113 cm³/mol. The van der Waals surface area contributed by atoms with Crippen LogP contribution in [0.5, 0.6) is 0 Å². The number of rotatable bonds is 7. The average Bonchev–Trinajstić information content (AvgIpc) is 2.99. The molecule has 0 saturated heterocycles. The van der Waals surface area contributed by atoms with E-state index >= 15 is 0 Å². The van der Waals surface area contributed by atoms with Gasteiger partial charge in [0.2, 0.25) is 15.9 Å². The molecule has 0 aliphatic carbocycles. The van der Waals surface area contributed by atoms with Gasteiger partial charge in [-0.15, -0.1) is 0 Å². The molecule has 0 spiro atoms. The molecule has 1 amide bonds. The van der Waals surface area contributed by atoms with Gasteiger partial charge in [0, 0.05) is 13.1 Å². The molecule has 0 saturated carbocycles. The van der Waals surface area contributed by atoms with Crippen LogP contribution >= 0.6 is 0 Å². The SMILES string of the molecule is CC(NC(=O)C(NS(=O)(=O)c1ccc2c(c1)oc(=O)n2C)C(C)C)c1ccccc1. The van der Waals surface area contributed by atoms with Gasteiger partial charge in [-0.3, -0.25) is 9.36 Å². The minimum absolute atomic E-state index is 0.0843. The van der Waals surface area contributed by atoms with Crippen LogP contribution in [0.1, 0.15) is 32.4 Å². The summed E-state index contributed by atoms with van der Waals surface area (Å²) in [6, 6.07) is 12.3. The molecule has 1 aromatic heterocycles. The van der Waals surface area contributed by atoms with Crippen molar-refractivity contribution in [3.05, 3.63) is 64.6 Å². The summed E-state index contributed by atoms with van der Waals surface area (Å²) in [6.07, 6.45) is 0. The number of hydrogen-bond donors (Lipinski definition) is 2. The van der Waals surface area contributed by atoms with E-state index in [2.05, 4.69) is 10.0 Å². The summed E-state index contributed by atoms with van der Waals surface area (Å²) in [4.78, 5) is 24.4. The molecule has 2 atom stereocenters. The molecule has 2 N–H and O–H groups in total. The highest BCUT2D eigenvalue weighted by molar-refractivity contribution is 7.89. The lowest BCUT2D eigenvalue weighted by Crippen LogP contribution is -2.50. The van der Waals surface area contributed by atoms with E-state index in [-0.39, 0.29) is 22.4 Å². The standard InChI is InChI=1S/C21H25N3O5S/c1-13(2)19(20(25)22-14(3)15-8-6-5-7-9-15)23-30(27,28)16-10-11-17-18(12-16)29-21(26)24(17)4/h5-14,19,23H,1-4H3,(H,22,25). The topological polar surface area (TPSA) is 110 Å². The van der Waals surface area contributed by atoms with Gasteiger partial charge in [0.25, 0.3) is 0 Å². The van der Waals surface area contributed by atoms with Crippen LogP contribution in [0.4, 0.5) is 0 Å². The smallest absolute Gasteiger partial charge is 0.408 e. The van der Waals surface area contributed by atoms with Crippen LogP contribution in [0.3, 0.4) is 0 Å². The van der Waals surface area contributed by atoms with E-state index in [1.165, 1.54) is 29.8 Å². The lowest BCUT2D eigenvalue weighted by molar-refractivity contribution is -0.124. The Labute approximate surface area is 174 Å². The molecule has 0 aliphatic rings. The van der Waals surface area contributed by atoms with E-state index in [1.54, 1.807) is 13.8 Å². The van der Waals surface area contributed by atoms with Gasteiger partial charge >= 0.3 is 5.76 Å². The fraction of sp³-hybridized carbons (Fsp3) is 0.333. The van der Waals surface area contributed by atoms with E-state index < -0.39 is 27.7 Å². The van der Waals surface area contributed by atoms with Crippen molar-refractivity contribution in [3.8, 4) is 0 Å². The van der Waals surface area contributed by atoms with Crippen molar-refractivity contribution >= 4 is 27.0 Å². The summed E-state index contributed by atoms with van der Waals surface area (Å²) < 4.78 is 34.7. The van der Waals surface area contributed by atoms with Crippen LogP contribution in [0.2, 0.25) is 0 Å². The molecule has 3 rings (SSSR count). The Balaban J connectivity index is 1.83. The monoisotopic (exact) mass is 431 g/mol. The number of hydrogen-bond acceptors (Lipinski definition) is 5. The number of nitrogens with one attached hydrogen (secondary N) is 2. The van der Waals surface area contributed by atoms with Crippen molar-refractivity contribution < 1.29 is 17.6 Å². The molecule has 30 heavy (non-hydrogen) atoms. The Morgan fingerprint density at radius 2 is 1.73 bits per heavy atom. The van der Waals surface area contributed by atoms with Gasteiger partial charge in [0.1, 0.15) is 6.04 Å². The summed E-state index contributed by atoms with van der Waals surface area (Å²) in [5.74, 6) is -1.29. The summed E-state index contributed by atoms with van der Waals surface area (Å²) in [5, 5.41) is 2.86. The lowest BCUT2D eigenvalue weighted by atomic mass is 10.0. The largest absolute Gasteiger partial charge is 0.419 e. The second kappa shape index (κ2) is 8.45. The van der Waals surface area contributed by atoms with Crippen molar-refractivity contribution in [1.29, 1.82) is 0 Å². The lowest BCUT2D eigenvalue weighted by Gasteiger charge is -2.24. The number of fused-ring (bicyclic) bond motifs is 1. The molecule has 0 bridgehead atoms. The van der Waals surface area contributed by atoms with Crippen LogP contribution in [0.15, 0.2) is 62.6 Å². The number of carbonyl (C=O) groups excluding carboxylic acids is 1. The molecular formula is C21H25N3O5S. The molecular weight excluding hydrogens is 406 g/mol. The van der Waals surface area contributed by atoms with Crippen molar-refractivity contribution in [3.63, 3.8) is 0 Å². The van der Waals surface area contributed by atoms with Gasteiger partial charge in [0.15, 0.2) is 5.58 Å². The molecule has 8 nitrogen and oxygen atoms in total. The third kappa shape index (κ3) is 4.47. The maximum atomic E-state index is 12.9. The Kier molecular flexibility index (Phi) is 6.14. The Morgan fingerprint density at radius 1 is 1.07 bits per heavy atom. The minimum atomic E-state index is -4.03. The Hall–Kier alpha value is -2.91. The van der Waals surface area contributed by atoms with Crippen molar-refractivity contribution in [2.45, 2.75) is 37.8 Å². The highest BCUT2D eigenvalue weighted by Crippen LogP contribution is 2.19. The van der Waals surface area contributed by atoms with Gasteiger partial charge in [-0.1, -0.05) is 44.2 Å². The van der Waals surface area contributed by atoms with Crippen molar-refractivity contribution in [2.75, 3.05) is 0 Å². The number of sulfonamides is 1. The number of oxazole rings is 1. The maximum Gasteiger partial charge on any atom is 0.419 e. The molecule has 160 valence electrons.